The number of hydrogen-bond acceptors (Lipinski definition) is 3. The van der Waals surface area contributed by atoms with Crippen molar-refractivity contribution in [3.63, 3.8) is 0 Å². The minimum atomic E-state index is -0.664. The SMILES string of the molecule is CC1CCCCC1CC1CC23OC2(CC1C(=O)O)O3. The molecule has 4 fully saturated rings. The molecular formula is C15H22O4. The molecule has 4 rings (SSSR count). The third-order valence-electron chi connectivity index (χ3n) is 5.96. The first-order valence-electron chi connectivity index (χ1n) is 7.68. The molecule has 1 N–H and O–H groups in total. The van der Waals surface area contributed by atoms with E-state index in [1.54, 1.807) is 0 Å². The van der Waals surface area contributed by atoms with Crippen LogP contribution in [0.1, 0.15) is 51.9 Å². The van der Waals surface area contributed by atoms with Gasteiger partial charge in [-0.3, -0.25) is 4.79 Å². The highest BCUT2D eigenvalue weighted by molar-refractivity contribution is 5.71. The fourth-order valence-electron chi connectivity index (χ4n) is 4.58. The Morgan fingerprint density at radius 2 is 1.84 bits per heavy atom. The molecule has 0 radical (unpaired) electrons. The maximum atomic E-state index is 11.5. The molecule has 4 atom stereocenters. The van der Waals surface area contributed by atoms with Crippen LogP contribution in [0, 0.1) is 23.7 Å². The van der Waals surface area contributed by atoms with Crippen molar-refractivity contribution < 1.29 is 19.4 Å². The summed E-state index contributed by atoms with van der Waals surface area (Å²) in [5.41, 5.74) is 0. The second kappa shape index (κ2) is 3.73. The molecule has 19 heavy (non-hydrogen) atoms. The molecule has 0 amide bonds. The number of aliphatic carboxylic acids is 1. The number of carbonyl (C=O) groups is 1. The van der Waals surface area contributed by atoms with Crippen molar-refractivity contribution >= 4 is 5.97 Å². The first kappa shape index (κ1) is 12.2. The van der Waals surface area contributed by atoms with E-state index in [0.717, 1.165) is 18.8 Å². The molecule has 0 aromatic carbocycles. The summed E-state index contributed by atoms with van der Waals surface area (Å²) in [5, 5.41) is 9.46. The van der Waals surface area contributed by atoms with Gasteiger partial charge in [0.2, 0.25) is 11.6 Å². The molecule has 106 valence electrons. The van der Waals surface area contributed by atoms with Crippen LogP contribution in [0.4, 0.5) is 0 Å². The number of carboxylic acids is 1. The quantitative estimate of drug-likeness (QED) is 0.798. The Labute approximate surface area is 113 Å². The summed E-state index contributed by atoms with van der Waals surface area (Å²) in [5.74, 6) is -0.0720. The zero-order valence-corrected chi connectivity index (χ0v) is 11.4. The average Bonchev–Trinajstić information content (AvgIpc) is 3.16. The van der Waals surface area contributed by atoms with Crippen molar-refractivity contribution in [3.8, 4) is 0 Å². The van der Waals surface area contributed by atoms with E-state index < -0.39 is 11.8 Å². The molecule has 2 saturated heterocycles. The number of epoxide rings is 2. The van der Waals surface area contributed by atoms with E-state index in [2.05, 4.69) is 6.92 Å². The lowest BCUT2D eigenvalue weighted by atomic mass is 9.69. The molecule has 4 heteroatoms. The van der Waals surface area contributed by atoms with Crippen LogP contribution in [0.15, 0.2) is 0 Å². The Morgan fingerprint density at radius 1 is 1.16 bits per heavy atom. The van der Waals surface area contributed by atoms with Crippen LogP contribution in [0.5, 0.6) is 0 Å². The Kier molecular flexibility index (Phi) is 2.39. The molecule has 2 aliphatic carbocycles. The molecule has 4 unspecified atom stereocenters. The van der Waals surface area contributed by atoms with Gasteiger partial charge in [-0.2, -0.15) is 0 Å². The molecule has 0 aromatic heterocycles. The summed E-state index contributed by atoms with van der Waals surface area (Å²) in [6.07, 6.45) is 7.62. The summed E-state index contributed by atoms with van der Waals surface area (Å²) >= 11 is 0. The third kappa shape index (κ3) is 1.69. The number of hydrogen-bond donors (Lipinski definition) is 1. The number of carboxylic acid groups (broad SMARTS) is 1. The molecule has 4 nitrogen and oxygen atoms in total. The normalized spacial score (nSPS) is 55.0. The first-order chi connectivity index (χ1) is 9.05. The predicted molar refractivity (Wildman–Crippen MR) is 67.2 cm³/mol. The summed E-state index contributed by atoms with van der Waals surface area (Å²) in [4.78, 5) is 11.5. The largest absolute Gasteiger partial charge is 0.481 e. The van der Waals surface area contributed by atoms with Gasteiger partial charge in [0, 0.05) is 12.8 Å². The first-order valence-corrected chi connectivity index (χ1v) is 7.68. The second-order valence-electron chi connectivity index (χ2n) is 7.08. The van der Waals surface area contributed by atoms with Crippen LogP contribution >= 0.6 is 0 Å². The topological polar surface area (TPSA) is 62.4 Å². The van der Waals surface area contributed by atoms with Crippen LogP contribution in [0.25, 0.3) is 0 Å². The van der Waals surface area contributed by atoms with Crippen molar-refractivity contribution in [1.82, 2.24) is 0 Å². The van der Waals surface area contributed by atoms with Gasteiger partial charge >= 0.3 is 5.97 Å². The molecule has 4 aliphatic rings. The highest BCUT2D eigenvalue weighted by Crippen LogP contribution is 2.76. The zero-order chi connectivity index (χ0) is 13.3. The maximum absolute atomic E-state index is 11.5. The van der Waals surface area contributed by atoms with Crippen LogP contribution in [0.2, 0.25) is 0 Å². The fraction of sp³-hybridized carbons (Fsp3) is 0.933. The maximum Gasteiger partial charge on any atom is 0.306 e. The van der Waals surface area contributed by atoms with Crippen LogP contribution in [-0.4, -0.2) is 22.7 Å². The lowest BCUT2D eigenvalue weighted by Gasteiger charge is -2.34. The van der Waals surface area contributed by atoms with E-state index in [1.807, 2.05) is 0 Å². The standard InChI is InChI=1S/C15H22O4/c1-9-4-2-3-5-10(9)6-11-7-14-15(18-14,19-14)8-12(11)13(16)17/h9-12H,2-8H2,1H3,(H,16,17). The molecule has 2 aliphatic heterocycles. The van der Waals surface area contributed by atoms with Gasteiger partial charge in [-0.1, -0.05) is 32.6 Å². The summed E-state index contributed by atoms with van der Waals surface area (Å²) in [6, 6.07) is 0. The van der Waals surface area contributed by atoms with Gasteiger partial charge in [-0.15, -0.1) is 0 Å². The number of rotatable bonds is 3. The van der Waals surface area contributed by atoms with Crippen molar-refractivity contribution in [2.24, 2.45) is 23.7 Å². The monoisotopic (exact) mass is 266 g/mol. The van der Waals surface area contributed by atoms with E-state index in [-0.39, 0.29) is 17.6 Å². The molecule has 0 aromatic rings. The fourth-order valence-corrected chi connectivity index (χ4v) is 4.58. The van der Waals surface area contributed by atoms with Gasteiger partial charge in [-0.25, -0.2) is 0 Å². The van der Waals surface area contributed by atoms with Gasteiger partial charge < -0.3 is 14.6 Å². The van der Waals surface area contributed by atoms with Crippen molar-refractivity contribution in [1.29, 1.82) is 0 Å². The minimum absolute atomic E-state index is 0.237. The van der Waals surface area contributed by atoms with Gasteiger partial charge in [-0.05, 0) is 24.2 Å². The van der Waals surface area contributed by atoms with E-state index >= 15 is 0 Å². The van der Waals surface area contributed by atoms with Crippen LogP contribution < -0.4 is 0 Å². The van der Waals surface area contributed by atoms with E-state index in [9.17, 15) is 9.90 Å². The van der Waals surface area contributed by atoms with E-state index in [1.165, 1.54) is 25.7 Å². The Hall–Kier alpha value is -0.610. The Bertz CT molecular complexity index is 412. The summed E-state index contributed by atoms with van der Waals surface area (Å²) in [7, 11) is 0. The lowest BCUT2D eigenvalue weighted by Crippen LogP contribution is -2.33. The molecule has 2 heterocycles. The van der Waals surface area contributed by atoms with Crippen molar-refractivity contribution in [2.45, 2.75) is 63.4 Å². The van der Waals surface area contributed by atoms with Gasteiger partial charge in [0.15, 0.2) is 0 Å². The molecule has 0 spiro atoms. The summed E-state index contributed by atoms with van der Waals surface area (Å²) < 4.78 is 11.2. The molecular weight excluding hydrogens is 244 g/mol. The molecule has 2 saturated carbocycles. The van der Waals surface area contributed by atoms with Gasteiger partial charge in [0.1, 0.15) is 0 Å². The van der Waals surface area contributed by atoms with Crippen molar-refractivity contribution in [2.75, 3.05) is 0 Å². The molecule has 0 bridgehead atoms. The Morgan fingerprint density at radius 3 is 2.53 bits per heavy atom. The van der Waals surface area contributed by atoms with Crippen LogP contribution in [0.3, 0.4) is 0 Å². The highest BCUT2D eigenvalue weighted by Gasteiger charge is 2.92. The Balaban J connectivity index is 1.47. The lowest BCUT2D eigenvalue weighted by molar-refractivity contribution is -0.145. The smallest absolute Gasteiger partial charge is 0.306 e. The summed E-state index contributed by atoms with van der Waals surface area (Å²) in [6.45, 7) is 2.33. The highest BCUT2D eigenvalue weighted by atomic mass is 17.0. The zero-order valence-electron chi connectivity index (χ0n) is 11.4. The predicted octanol–water partition coefficient (Wildman–Crippen LogP) is 2.77. The second-order valence-corrected chi connectivity index (χ2v) is 7.08. The van der Waals surface area contributed by atoms with Gasteiger partial charge in [0.05, 0.1) is 5.92 Å². The number of ether oxygens (including phenoxy) is 2. The average molecular weight is 266 g/mol. The van der Waals surface area contributed by atoms with Crippen molar-refractivity contribution in [3.05, 3.63) is 0 Å². The van der Waals surface area contributed by atoms with E-state index in [4.69, 9.17) is 9.47 Å². The van der Waals surface area contributed by atoms with Crippen LogP contribution in [-0.2, 0) is 14.3 Å². The minimum Gasteiger partial charge on any atom is -0.481 e. The third-order valence-corrected chi connectivity index (χ3v) is 5.96. The van der Waals surface area contributed by atoms with Gasteiger partial charge in [0.25, 0.3) is 0 Å². The van der Waals surface area contributed by atoms with E-state index in [0.29, 0.717) is 12.3 Å².